The lowest BCUT2D eigenvalue weighted by Crippen LogP contribution is -2.29. The molecule has 0 bridgehead atoms. The standard InChI is InChI=1S/C6H8F2O2/c7-6(8,4-9)5-1-2-10-3-5/h4-5H,1-3H2. The molecule has 1 unspecified atom stereocenters. The highest BCUT2D eigenvalue weighted by Crippen LogP contribution is 2.28. The maximum absolute atomic E-state index is 12.4. The number of hydrogen-bond acceptors (Lipinski definition) is 2. The van der Waals surface area contributed by atoms with E-state index in [2.05, 4.69) is 0 Å². The highest BCUT2D eigenvalue weighted by molar-refractivity contribution is 5.60. The Bertz CT molecular complexity index is 130. The van der Waals surface area contributed by atoms with Crippen LogP contribution in [0, 0.1) is 5.92 Å². The summed E-state index contributed by atoms with van der Waals surface area (Å²) in [6, 6.07) is 0. The number of carbonyl (C=O) groups excluding carboxylic acids is 1. The van der Waals surface area contributed by atoms with E-state index in [1.54, 1.807) is 0 Å². The van der Waals surface area contributed by atoms with Crippen molar-refractivity contribution in [2.75, 3.05) is 13.2 Å². The summed E-state index contributed by atoms with van der Waals surface area (Å²) in [5.41, 5.74) is 0. The van der Waals surface area contributed by atoms with Crippen molar-refractivity contribution in [2.24, 2.45) is 5.92 Å². The van der Waals surface area contributed by atoms with Crippen LogP contribution in [0.3, 0.4) is 0 Å². The third kappa shape index (κ3) is 1.31. The molecule has 2 nitrogen and oxygen atoms in total. The molecule has 0 aromatic heterocycles. The van der Waals surface area contributed by atoms with Crippen molar-refractivity contribution in [1.29, 1.82) is 0 Å². The maximum Gasteiger partial charge on any atom is 0.307 e. The summed E-state index contributed by atoms with van der Waals surface area (Å²) in [7, 11) is 0. The van der Waals surface area contributed by atoms with Crippen LogP contribution >= 0.6 is 0 Å². The van der Waals surface area contributed by atoms with Gasteiger partial charge in [0.05, 0.1) is 12.5 Å². The molecule has 0 amide bonds. The SMILES string of the molecule is O=CC(F)(F)C1CCOC1. The van der Waals surface area contributed by atoms with Gasteiger partial charge in [0.1, 0.15) is 0 Å². The van der Waals surface area contributed by atoms with Gasteiger partial charge in [-0.05, 0) is 6.42 Å². The minimum absolute atomic E-state index is 0.00569. The molecule has 58 valence electrons. The lowest BCUT2D eigenvalue weighted by atomic mass is 10.0. The quantitative estimate of drug-likeness (QED) is 0.545. The van der Waals surface area contributed by atoms with Crippen LogP contribution in [0.5, 0.6) is 0 Å². The molecule has 0 aromatic carbocycles. The Kier molecular flexibility index (Phi) is 1.99. The molecule has 0 N–H and O–H groups in total. The molecule has 0 aromatic rings. The Labute approximate surface area is 57.2 Å². The second-order valence-corrected chi connectivity index (χ2v) is 2.35. The second kappa shape index (κ2) is 2.62. The molecule has 4 heteroatoms. The Morgan fingerprint density at radius 2 is 2.30 bits per heavy atom. The van der Waals surface area contributed by atoms with Crippen LogP contribution < -0.4 is 0 Å². The third-order valence-electron chi connectivity index (χ3n) is 1.63. The molecule has 1 saturated heterocycles. The smallest absolute Gasteiger partial charge is 0.307 e. The van der Waals surface area contributed by atoms with Crippen LogP contribution in [-0.4, -0.2) is 25.4 Å². The van der Waals surface area contributed by atoms with Crippen molar-refractivity contribution < 1.29 is 18.3 Å². The summed E-state index contributed by atoms with van der Waals surface area (Å²) >= 11 is 0. The molecular weight excluding hydrogens is 142 g/mol. The van der Waals surface area contributed by atoms with Gasteiger partial charge in [0.25, 0.3) is 0 Å². The predicted octanol–water partition coefficient (Wildman–Crippen LogP) is 0.857. The van der Waals surface area contributed by atoms with Gasteiger partial charge in [-0.2, -0.15) is 8.78 Å². The number of rotatable bonds is 2. The monoisotopic (exact) mass is 150 g/mol. The fourth-order valence-electron chi connectivity index (χ4n) is 0.934. The van der Waals surface area contributed by atoms with E-state index in [9.17, 15) is 13.6 Å². The van der Waals surface area contributed by atoms with Crippen molar-refractivity contribution in [1.82, 2.24) is 0 Å². The average molecular weight is 150 g/mol. The Balaban J connectivity index is 2.53. The molecular formula is C6H8F2O2. The highest BCUT2D eigenvalue weighted by atomic mass is 19.3. The van der Waals surface area contributed by atoms with E-state index in [4.69, 9.17) is 4.74 Å². The summed E-state index contributed by atoms with van der Waals surface area (Å²) < 4.78 is 29.5. The number of halogens is 2. The fraction of sp³-hybridized carbons (Fsp3) is 0.833. The normalized spacial score (nSPS) is 26.8. The van der Waals surface area contributed by atoms with Gasteiger partial charge in [-0.15, -0.1) is 0 Å². The number of alkyl halides is 2. The Hall–Kier alpha value is -0.510. The lowest BCUT2D eigenvalue weighted by Gasteiger charge is -2.13. The minimum atomic E-state index is -3.18. The summed E-state index contributed by atoms with van der Waals surface area (Å²) in [5, 5.41) is 0. The van der Waals surface area contributed by atoms with Crippen LogP contribution in [0.2, 0.25) is 0 Å². The first-order valence-corrected chi connectivity index (χ1v) is 3.08. The topological polar surface area (TPSA) is 26.3 Å². The Morgan fingerprint density at radius 1 is 1.60 bits per heavy atom. The van der Waals surface area contributed by atoms with Gasteiger partial charge in [0, 0.05) is 6.61 Å². The zero-order chi connectivity index (χ0) is 7.61. The van der Waals surface area contributed by atoms with Crippen LogP contribution in [-0.2, 0) is 9.53 Å². The molecule has 10 heavy (non-hydrogen) atoms. The average Bonchev–Trinajstić information content (AvgIpc) is 2.38. The number of ether oxygens (including phenoxy) is 1. The first-order chi connectivity index (χ1) is 4.67. The van der Waals surface area contributed by atoms with Gasteiger partial charge in [-0.1, -0.05) is 0 Å². The third-order valence-corrected chi connectivity index (χ3v) is 1.63. The summed E-state index contributed by atoms with van der Waals surface area (Å²) in [6.45, 7) is 0.347. The molecule has 1 aliphatic heterocycles. The van der Waals surface area contributed by atoms with Crippen molar-refractivity contribution >= 4 is 6.29 Å². The van der Waals surface area contributed by atoms with E-state index in [0.717, 1.165) is 0 Å². The minimum Gasteiger partial charge on any atom is -0.381 e. The van der Waals surface area contributed by atoms with E-state index in [1.165, 1.54) is 0 Å². The van der Waals surface area contributed by atoms with Crippen LogP contribution in [0.25, 0.3) is 0 Å². The van der Waals surface area contributed by atoms with Crippen LogP contribution in [0.15, 0.2) is 0 Å². The highest BCUT2D eigenvalue weighted by Gasteiger charge is 2.41. The van der Waals surface area contributed by atoms with Gasteiger partial charge in [0.15, 0.2) is 6.29 Å². The lowest BCUT2D eigenvalue weighted by molar-refractivity contribution is -0.137. The van der Waals surface area contributed by atoms with Crippen molar-refractivity contribution in [3.05, 3.63) is 0 Å². The van der Waals surface area contributed by atoms with E-state index in [1.807, 2.05) is 0 Å². The summed E-state index contributed by atoms with van der Waals surface area (Å²) in [6.07, 6.45) is -0.0158. The predicted molar refractivity (Wildman–Crippen MR) is 29.9 cm³/mol. The number of hydrogen-bond donors (Lipinski definition) is 0. The molecule has 0 saturated carbocycles. The van der Waals surface area contributed by atoms with Gasteiger partial charge in [-0.3, -0.25) is 4.79 Å². The molecule has 1 aliphatic rings. The molecule has 1 heterocycles. The molecule has 1 fully saturated rings. The van der Waals surface area contributed by atoms with E-state index in [0.29, 0.717) is 6.61 Å². The van der Waals surface area contributed by atoms with E-state index < -0.39 is 11.8 Å². The van der Waals surface area contributed by atoms with Gasteiger partial charge >= 0.3 is 5.92 Å². The van der Waals surface area contributed by atoms with Gasteiger partial charge < -0.3 is 4.74 Å². The first kappa shape index (κ1) is 7.60. The second-order valence-electron chi connectivity index (χ2n) is 2.35. The molecule has 1 atom stereocenters. The van der Waals surface area contributed by atoms with E-state index >= 15 is 0 Å². The number of carbonyl (C=O) groups is 1. The van der Waals surface area contributed by atoms with Crippen molar-refractivity contribution in [3.8, 4) is 0 Å². The van der Waals surface area contributed by atoms with Crippen LogP contribution in [0.1, 0.15) is 6.42 Å². The van der Waals surface area contributed by atoms with Crippen molar-refractivity contribution in [3.63, 3.8) is 0 Å². The molecule has 0 spiro atoms. The van der Waals surface area contributed by atoms with Crippen LogP contribution in [0.4, 0.5) is 8.78 Å². The zero-order valence-electron chi connectivity index (χ0n) is 5.35. The first-order valence-electron chi connectivity index (χ1n) is 3.08. The van der Waals surface area contributed by atoms with Gasteiger partial charge in [0.2, 0.25) is 0 Å². The largest absolute Gasteiger partial charge is 0.381 e. The summed E-state index contributed by atoms with van der Waals surface area (Å²) in [4.78, 5) is 9.81. The van der Waals surface area contributed by atoms with Gasteiger partial charge in [-0.25, -0.2) is 0 Å². The zero-order valence-corrected chi connectivity index (χ0v) is 5.35. The summed E-state index contributed by atoms with van der Waals surface area (Å²) in [5.74, 6) is -4.08. The maximum atomic E-state index is 12.4. The molecule has 0 aliphatic carbocycles. The van der Waals surface area contributed by atoms with E-state index in [-0.39, 0.29) is 19.3 Å². The fourth-order valence-corrected chi connectivity index (χ4v) is 0.934. The molecule has 0 radical (unpaired) electrons. The number of aldehydes is 1. The van der Waals surface area contributed by atoms with Crippen molar-refractivity contribution in [2.45, 2.75) is 12.3 Å². The molecule has 1 rings (SSSR count). The Morgan fingerprint density at radius 3 is 2.70 bits per heavy atom.